The van der Waals surface area contributed by atoms with Gasteiger partial charge in [0.2, 0.25) is 0 Å². The highest BCUT2D eigenvalue weighted by atomic mass is 14.9. The van der Waals surface area contributed by atoms with Gasteiger partial charge in [-0.2, -0.15) is 0 Å². The van der Waals surface area contributed by atoms with E-state index < -0.39 is 0 Å². The van der Waals surface area contributed by atoms with Gasteiger partial charge in [0, 0.05) is 11.4 Å². The van der Waals surface area contributed by atoms with Crippen molar-refractivity contribution in [3.05, 3.63) is 0 Å². The van der Waals surface area contributed by atoms with Crippen LogP contribution >= 0.6 is 0 Å². The highest BCUT2D eigenvalue weighted by Crippen LogP contribution is 2.28. The monoisotopic (exact) mass is 323 g/mol. The molecule has 0 aromatic carbocycles. The van der Waals surface area contributed by atoms with Crippen LogP contribution < -0.4 is 5.73 Å². The summed E-state index contributed by atoms with van der Waals surface area (Å²) >= 11 is 0. The lowest BCUT2D eigenvalue weighted by atomic mass is 9.82. The lowest BCUT2D eigenvalue weighted by Crippen LogP contribution is -2.29. The van der Waals surface area contributed by atoms with Crippen molar-refractivity contribution in [2.45, 2.75) is 99.0 Å². The normalized spacial score (nSPS) is 18.0. The molecule has 3 nitrogen and oxygen atoms in total. The van der Waals surface area contributed by atoms with Crippen LogP contribution in [0.4, 0.5) is 0 Å². The fourth-order valence-electron chi connectivity index (χ4n) is 2.84. The van der Waals surface area contributed by atoms with Crippen LogP contribution in [0, 0.1) is 5.41 Å². The molecule has 3 heteroatoms. The van der Waals surface area contributed by atoms with Crippen LogP contribution in [0.25, 0.3) is 0 Å². The maximum absolute atomic E-state index is 5.71. The first kappa shape index (κ1) is 22.3. The van der Waals surface area contributed by atoms with Gasteiger partial charge in [-0.1, -0.05) is 60.8 Å². The molecule has 0 radical (unpaired) electrons. The second kappa shape index (κ2) is 12.7. The molecular weight excluding hydrogens is 282 g/mol. The van der Waals surface area contributed by atoms with Crippen LogP contribution in [-0.2, 0) is 0 Å². The van der Waals surface area contributed by atoms with Gasteiger partial charge in [0.1, 0.15) is 0 Å². The fraction of sp³-hybridized carbons (Fsp3) is 0.900. The van der Waals surface area contributed by atoms with Crippen LogP contribution in [0.1, 0.15) is 92.9 Å². The minimum atomic E-state index is 0.323. The summed E-state index contributed by atoms with van der Waals surface area (Å²) in [5, 5.41) is 0. The molecule has 0 aromatic rings. The van der Waals surface area contributed by atoms with Gasteiger partial charge in [-0.3, -0.25) is 9.98 Å². The minimum Gasteiger partial charge on any atom is -0.330 e. The van der Waals surface area contributed by atoms with E-state index in [1.165, 1.54) is 37.1 Å². The standard InChI is InChI=1S/C17H33N3.C3H8/c1-5-7-14-13-19-15(8-6-2)16(20-14)9-10-17(3,4)11-12-18;1-3-2/h16H,5-13,18H2,1-4H3;3H2,1-2H3/t16-;/m1./s1. The van der Waals surface area contributed by atoms with Crippen LogP contribution in [-0.4, -0.2) is 30.6 Å². The molecule has 0 bridgehead atoms. The molecule has 1 aliphatic rings. The van der Waals surface area contributed by atoms with Gasteiger partial charge in [-0.15, -0.1) is 0 Å². The lowest BCUT2D eigenvalue weighted by molar-refractivity contribution is 0.301. The quantitative estimate of drug-likeness (QED) is 0.605. The molecule has 1 rings (SSSR count). The van der Waals surface area contributed by atoms with Gasteiger partial charge >= 0.3 is 0 Å². The molecule has 0 fully saturated rings. The van der Waals surface area contributed by atoms with Gasteiger partial charge in [-0.05, 0) is 44.1 Å². The van der Waals surface area contributed by atoms with Crippen LogP contribution in [0.3, 0.4) is 0 Å². The van der Waals surface area contributed by atoms with Crippen molar-refractivity contribution in [2.24, 2.45) is 21.1 Å². The Morgan fingerprint density at radius 2 is 1.65 bits per heavy atom. The predicted octanol–water partition coefficient (Wildman–Crippen LogP) is 5.42. The van der Waals surface area contributed by atoms with Crippen molar-refractivity contribution in [3.63, 3.8) is 0 Å². The van der Waals surface area contributed by atoms with Crippen LogP contribution in [0.2, 0.25) is 0 Å². The van der Waals surface area contributed by atoms with E-state index in [-0.39, 0.29) is 0 Å². The molecule has 0 spiro atoms. The molecule has 0 unspecified atom stereocenters. The van der Waals surface area contributed by atoms with Crippen LogP contribution in [0.5, 0.6) is 0 Å². The number of nitrogens with two attached hydrogens (primary N) is 1. The number of rotatable bonds is 9. The van der Waals surface area contributed by atoms with E-state index >= 15 is 0 Å². The van der Waals surface area contributed by atoms with Crippen molar-refractivity contribution in [1.29, 1.82) is 0 Å². The van der Waals surface area contributed by atoms with E-state index in [1.807, 2.05) is 0 Å². The number of aliphatic imine (C=N–C) groups is 2. The predicted molar refractivity (Wildman–Crippen MR) is 106 cm³/mol. The average molecular weight is 324 g/mol. The van der Waals surface area contributed by atoms with Gasteiger partial charge < -0.3 is 5.73 Å². The van der Waals surface area contributed by atoms with Gasteiger partial charge in [0.25, 0.3) is 0 Å². The Labute approximate surface area is 145 Å². The maximum Gasteiger partial charge on any atom is 0.0876 e. The first-order valence-corrected chi connectivity index (χ1v) is 9.72. The van der Waals surface area contributed by atoms with E-state index in [1.54, 1.807) is 0 Å². The Morgan fingerprint density at radius 3 is 2.17 bits per heavy atom. The summed E-state index contributed by atoms with van der Waals surface area (Å²) in [6, 6.07) is 0.335. The Balaban J connectivity index is 0.00000149. The molecule has 0 aliphatic carbocycles. The van der Waals surface area contributed by atoms with E-state index in [9.17, 15) is 0 Å². The highest BCUT2D eigenvalue weighted by molar-refractivity contribution is 5.99. The third-order valence-corrected chi connectivity index (χ3v) is 4.15. The second-order valence-electron chi connectivity index (χ2n) is 7.47. The molecule has 23 heavy (non-hydrogen) atoms. The molecule has 0 amide bonds. The van der Waals surface area contributed by atoms with Crippen molar-refractivity contribution >= 4 is 11.4 Å². The molecule has 0 saturated heterocycles. The van der Waals surface area contributed by atoms with Crippen LogP contribution in [0.15, 0.2) is 9.98 Å². The molecule has 1 heterocycles. The first-order chi connectivity index (χ1) is 10.9. The third-order valence-electron chi connectivity index (χ3n) is 4.15. The number of hydrogen-bond donors (Lipinski definition) is 1. The summed E-state index contributed by atoms with van der Waals surface area (Å²) in [6.45, 7) is 14.9. The Morgan fingerprint density at radius 1 is 1.04 bits per heavy atom. The SMILES string of the molecule is CCC.CCCC1=N[C@H](CCC(C)(C)CCN)C(CCC)=NC1. The maximum atomic E-state index is 5.71. The third kappa shape index (κ3) is 9.91. The average Bonchev–Trinajstić information content (AvgIpc) is 2.48. The van der Waals surface area contributed by atoms with Crippen molar-refractivity contribution in [2.75, 3.05) is 13.1 Å². The van der Waals surface area contributed by atoms with Gasteiger partial charge in [0.15, 0.2) is 0 Å². The van der Waals surface area contributed by atoms with Gasteiger partial charge in [-0.25, -0.2) is 0 Å². The summed E-state index contributed by atoms with van der Waals surface area (Å²) in [5.41, 5.74) is 8.66. The summed E-state index contributed by atoms with van der Waals surface area (Å²) in [7, 11) is 0. The van der Waals surface area contributed by atoms with E-state index in [4.69, 9.17) is 15.7 Å². The summed E-state index contributed by atoms with van der Waals surface area (Å²) < 4.78 is 0. The zero-order valence-electron chi connectivity index (χ0n) is 16.6. The summed E-state index contributed by atoms with van der Waals surface area (Å²) in [6.07, 6.45) is 9.19. The lowest BCUT2D eigenvalue weighted by Gasteiger charge is -2.28. The largest absolute Gasteiger partial charge is 0.330 e. The molecular formula is C20H41N3. The summed E-state index contributed by atoms with van der Waals surface area (Å²) in [4.78, 5) is 9.80. The van der Waals surface area contributed by atoms with Crippen molar-refractivity contribution in [3.8, 4) is 0 Å². The molecule has 0 saturated carbocycles. The number of nitrogens with zero attached hydrogens (tertiary/aromatic N) is 2. The van der Waals surface area contributed by atoms with E-state index in [0.717, 1.165) is 38.8 Å². The molecule has 136 valence electrons. The Kier molecular flexibility index (Phi) is 12.3. The highest BCUT2D eigenvalue weighted by Gasteiger charge is 2.23. The Hall–Kier alpha value is -0.700. The summed E-state index contributed by atoms with van der Waals surface area (Å²) in [5.74, 6) is 0. The van der Waals surface area contributed by atoms with Crippen molar-refractivity contribution in [1.82, 2.24) is 0 Å². The molecule has 1 aliphatic heterocycles. The van der Waals surface area contributed by atoms with E-state index in [0.29, 0.717) is 11.5 Å². The molecule has 2 N–H and O–H groups in total. The van der Waals surface area contributed by atoms with E-state index in [2.05, 4.69) is 41.5 Å². The topological polar surface area (TPSA) is 50.7 Å². The zero-order chi connectivity index (χ0) is 17.7. The zero-order valence-corrected chi connectivity index (χ0v) is 16.6. The molecule has 1 atom stereocenters. The minimum absolute atomic E-state index is 0.323. The fourth-order valence-corrected chi connectivity index (χ4v) is 2.84. The Bertz CT molecular complexity index is 356. The van der Waals surface area contributed by atoms with Crippen molar-refractivity contribution < 1.29 is 0 Å². The molecule has 0 aromatic heterocycles. The van der Waals surface area contributed by atoms with Gasteiger partial charge in [0.05, 0.1) is 12.6 Å². The smallest absolute Gasteiger partial charge is 0.0876 e. The first-order valence-electron chi connectivity index (χ1n) is 9.72. The number of hydrogen-bond acceptors (Lipinski definition) is 3. The second-order valence-corrected chi connectivity index (χ2v) is 7.47.